The fourth-order valence-corrected chi connectivity index (χ4v) is 9.05. The lowest BCUT2D eigenvalue weighted by Crippen LogP contribution is -1.99. The molecule has 0 aliphatic heterocycles. The number of hydrogen-bond donors (Lipinski definition) is 0. The number of rotatable bonds is 2. The Labute approximate surface area is 297 Å². The molecule has 0 spiro atoms. The Morgan fingerprint density at radius 1 is 0.231 bits per heavy atom. The summed E-state index contributed by atoms with van der Waals surface area (Å²) in [7, 11) is 0. The maximum atomic E-state index is 2.52. The van der Waals surface area contributed by atoms with Gasteiger partial charge in [-0.1, -0.05) is 109 Å². The van der Waals surface area contributed by atoms with Crippen LogP contribution in [0.4, 0.5) is 0 Å². The molecule has 4 nitrogen and oxygen atoms in total. The first-order chi connectivity index (χ1) is 25.8. The summed E-state index contributed by atoms with van der Waals surface area (Å²) in [4.78, 5) is 0. The van der Waals surface area contributed by atoms with E-state index in [1.54, 1.807) is 0 Å². The highest BCUT2D eigenvalue weighted by Crippen LogP contribution is 2.42. The molecule has 0 amide bonds. The van der Waals surface area contributed by atoms with Crippen molar-refractivity contribution in [2.75, 3.05) is 0 Å². The van der Waals surface area contributed by atoms with E-state index in [1.165, 1.54) is 65.4 Å². The number of benzene rings is 8. The monoisotopic (exact) mass is 662 g/mol. The molecule has 0 radical (unpaired) electrons. The number of para-hydroxylation sites is 8. The maximum Gasteiger partial charge on any atom is 0.0789 e. The third-order valence-electron chi connectivity index (χ3n) is 11.1. The van der Waals surface area contributed by atoms with Crippen molar-refractivity contribution in [3.05, 3.63) is 182 Å². The minimum atomic E-state index is 1.11. The average Bonchev–Trinajstić information content (AvgIpc) is 3.85. The number of fused-ring (bicyclic) bond motifs is 13. The van der Waals surface area contributed by atoms with Crippen LogP contribution in [0.25, 0.3) is 98.9 Å². The molecule has 52 heavy (non-hydrogen) atoms. The molecule has 0 atom stereocenters. The van der Waals surface area contributed by atoms with Crippen LogP contribution in [0.1, 0.15) is 0 Å². The lowest BCUT2D eigenvalue weighted by molar-refractivity contribution is 1.15. The molecule has 4 heteroatoms. The van der Waals surface area contributed by atoms with Crippen LogP contribution in [0.5, 0.6) is 0 Å². The number of nitrogens with zero attached hydrogens (tertiary/aromatic N) is 4. The zero-order valence-electron chi connectivity index (χ0n) is 28.1. The lowest BCUT2D eigenvalue weighted by Gasteiger charge is -2.13. The van der Waals surface area contributed by atoms with Crippen molar-refractivity contribution in [2.45, 2.75) is 0 Å². The Morgan fingerprint density at radius 3 is 1.21 bits per heavy atom. The van der Waals surface area contributed by atoms with Gasteiger partial charge in [0.2, 0.25) is 0 Å². The van der Waals surface area contributed by atoms with Crippen LogP contribution in [0.2, 0.25) is 0 Å². The molecule has 12 rings (SSSR count). The van der Waals surface area contributed by atoms with Crippen LogP contribution < -0.4 is 0 Å². The summed E-state index contributed by atoms with van der Waals surface area (Å²) in [6, 6.07) is 66.6. The summed E-state index contributed by atoms with van der Waals surface area (Å²) in [6.07, 6.45) is 0. The van der Waals surface area contributed by atoms with Crippen LogP contribution in [-0.4, -0.2) is 17.9 Å². The van der Waals surface area contributed by atoms with Crippen molar-refractivity contribution in [3.8, 4) is 11.4 Å². The van der Waals surface area contributed by atoms with Crippen molar-refractivity contribution in [2.24, 2.45) is 0 Å². The van der Waals surface area contributed by atoms with E-state index in [-0.39, 0.29) is 0 Å². The van der Waals surface area contributed by atoms with E-state index in [4.69, 9.17) is 0 Å². The molecule has 242 valence electrons. The third kappa shape index (κ3) is 3.55. The quantitative estimate of drug-likeness (QED) is 0.175. The molecule has 12 aromatic rings. The van der Waals surface area contributed by atoms with Crippen LogP contribution in [0, 0.1) is 0 Å². The van der Waals surface area contributed by atoms with Gasteiger partial charge in [-0.3, -0.25) is 0 Å². The van der Waals surface area contributed by atoms with Crippen LogP contribution in [0.3, 0.4) is 0 Å². The van der Waals surface area contributed by atoms with E-state index < -0.39 is 0 Å². The van der Waals surface area contributed by atoms with Crippen molar-refractivity contribution in [1.82, 2.24) is 17.9 Å². The van der Waals surface area contributed by atoms with Gasteiger partial charge in [0.05, 0.1) is 55.2 Å². The third-order valence-corrected chi connectivity index (χ3v) is 11.1. The van der Waals surface area contributed by atoms with Crippen molar-refractivity contribution >= 4 is 87.5 Å². The van der Waals surface area contributed by atoms with E-state index in [0.29, 0.717) is 0 Å². The highest BCUT2D eigenvalue weighted by molar-refractivity contribution is 6.24. The second kappa shape index (κ2) is 10.3. The molecule has 0 unspecified atom stereocenters. The van der Waals surface area contributed by atoms with Crippen LogP contribution in [0.15, 0.2) is 182 Å². The first kappa shape index (κ1) is 27.7. The first-order valence-electron chi connectivity index (χ1n) is 17.9. The second-order valence-corrected chi connectivity index (χ2v) is 13.8. The van der Waals surface area contributed by atoms with Gasteiger partial charge in [0.1, 0.15) is 0 Å². The molecule has 0 saturated carbocycles. The van der Waals surface area contributed by atoms with E-state index in [9.17, 15) is 0 Å². The molecular formula is C48H30N4. The summed E-state index contributed by atoms with van der Waals surface area (Å²) in [6.45, 7) is 0. The van der Waals surface area contributed by atoms with E-state index in [1.807, 2.05) is 0 Å². The van der Waals surface area contributed by atoms with Crippen molar-refractivity contribution < 1.29 is 0 Å². The fraction of sp³-hybridized carbons (Fsp3) is 0. The van der Waals surface area contributed by atoms with Gasteiger partial charge in [-0.2, -0.15) is 0 Å². The van der Waals surface area contributed by atoms with Gasteiger partial charge in [-0.15, -0.1) is 0 Å². The lowest BCUT2D eigenvalue weighted by atomic mass is 10.1. The Kier molecular flexibility index (Phi) is 5.47. The Hall–Kier alpha value is -7.04. The summed E-state index contributed by atoms with van der Waals surface area (Å²) in [5, 5.41) is 7.48. The fourth-order valence-electron chi connectivity index (χ4n) is 9.05. The highest BCUT2D eigenvalue weighted by Gasteiger charge is 2.21. The van der Waals surface area contributed by atoms with Crippen molar-refractivity contribution in [3.63, 3.8) is 0 Å². The first-order valence-corrected chi connectivity index (χ1v) is 17.9. The summed E-state index contributed by atoms with van der Waals surface area (Å²) < 4.78 is 9.89. The largest absolute Gasteiger partial charge is 0.309 e. The zero-order chi connectivity index (χ0) is 33.9. The topological polar surface area (TPSA) is 18.7 Å². The molecule has 0 saturated heterocycles. The molecule has 4 aromatic heterocycles. The van der Waals surface area contributed by atoms with Gasteiger partial charge < -0.3 is 17.9 Å². The zero-order valence-corrected chi connectivity index (χ0v) is 28.1. The molecule has 0 aliphatic carbocycles. The van der Waals surface area contributed by atoms with Crippen LogP contribution >= 0.6 is 0 Å². The molecule has 8 aromatic carbocycles. The molecule has 0 aliphatic rings. The van der Waals surface area contributed by atoms with E-state index >= 15 is 0 Å². The second-order valence-electron chi connectivity index (χ2n) is 13.8. The number of hydrogen-bond acceptors (Lipinski definition) is 0. The van der Waals surface area contributed by atoms with Crippen molar-refractivity contribution in [1.29, 1.82) is 0 Å². The minimum Gasteiger partial charge on any atom is -0.309 e. The van der Waals surface area contributed by atoms with E-state index in [0.717, 1.165) is 33.4 Å². The van der Waals surface area contributed by atoms with E-state index in [2.05, 4.69) is 200 Å². The predicted molar refractivity (Wildman–Crippen MR) is 218 cm³/mol. The van der Waals surface area contributed by atoms with Gasteiger partial charge in [0.15, 0.2) is 0 Å². The highest BCUT2D eigenvalue weighted by atomic mass is 15.0. The molecule has 4 heterocycles. The summed E-state index contributed by atoms with van der Waals surface area (Å²) >= 11 is 0. The molecule has 0 bridgehead atoms. The SMILES string of the molecule is c1ccc(-n2c3ccccc3n3c4ccccc4c4ccc5c6cc(-n7c8ccccc8c8ccccc87)ccc6n(c6ccccc62)c5c43)cc1. The van der Waals surface area contributed by atoms with Gasteiger partial charge in [-0.25, -0.2) is 0 Å². The maximum absolute atomic E-state index is 2.52. The summed E-state index contributed by atoms with van der Waals surface area (Å²) in [5.41, 5.74) is 14.0. The Balaban J connectivity index is 1.37. The number of aromatic nitrogens is 4. The normalized spacial score (nSPS) is 12.2. The smallest absolute Gasteiger partial charge is 0.0789 e. The van der Waals surface area contributed by atoms with Gasteiger partial charge in [0.25, 0.3) is 0 Å². The van der Waals surface area contributed by atoms with Gasteiger partial charge in [-0.05, 0) is 72.8 Å². The molecular weight excluding hydrogens is 633 g/mol. The minimum absolute atomic E-state index is 1.11. The Morgan fingerprint density at radius 2 is 0.635 bits per heavy atom. The Bertz CT molecular complexity index is 3410. The average molecular weight is 663 g/mol. The molecule has 0 N–H and O–H groups in total. The van der Waals surface area contributed by atoms with Gasteiger partial charge in [0, 0.05) is 43.7 Å². The summed E-state index contributed by atoms with van der Waals surface area (Å²) in [5.74, 6) is 0. The molecule has 0 fully saturated rings. The standard InChI is InChI=1S/C48H30N4/c1-2-14-31(15-3-1)49-43-22-10-12-24-45(43)51-41-21-9-6-18-35(41)36-27-28-37-38-30-32(50-39-19-7-4-16-33(39)34-17-5-8-20-40(34)50)26-29-42(38)52(48(37)47(36)51)46-25-13-11-23-44(46)49/h1-30H. The van der Waals surface area contributed by atoms with Crippen LogP contribution in [-0.2, 0) is 0 Å². The predicted octanol–water partition coefficient (Wildman–Crippen LogP) is 12.4. The van der Waals surface area contributed by atoms with Gasteiger partial charge >= 0.3 is 0 Å².